The Hall–Kier alpha value is -3.22. The van der Waals surface area contributed by atoms with Crippen LogP contribution >= 0.6 is 0 Å². The van der Waals surface area contributed by atoms with Crippen LogP contribution in [0, 0.1) is 29.1 Å². The number of allylic oxidation sites excluding steroid dienone is 1. The Balaban J connectivity index is 1.91. The smallest absolute Gasteiger partial charge is 0.303 e. The van der Waals surface area contributed by atoms with Gasteiger partial charge in [-0.05, 0) is 66.2 Å². The van der Waals surface area contributed by atoms with Crippen LogP contribution in [0.15, 0.2) is 48.1 Å². The average molecular weight is 523 g/mol. The summed E-state index contributed by atoms with van der Waals surface area (Å²) in [5.41, 5.74) is -0.0731. The van der Waals surface area contributed by atoms with Crippen molar-refractivity contribution in [3.63, 3.8) is 0 Å². The van der Waals surface area contributed by atoms with E-state index in [0.29, 0.717) is 41.1 Å². The summed E-state index contributed by atoms with van der Waals surface area (Å²) in [7, 11) is 0. The van der Waals surface area contributed by atoms with E-state index in [1.165, 1.54) is 13.8 Å². The highest BCUT2D eigenvalue weighted by molar-refractivity contribution is 6.03. The second-order valence-electron chi connectivity index (χ2n) is 11.8. The number of fused-ring (bicyclic) bond motifs is 2. The van der Waals surface area contributed by atoms with Gasteiger partial charge in [0.05, 0.1) is 11.5 Å². The maximum atomic E-state index is 14.4. The fourth-order valence-electron chi connectivity index (χ4n) is 6.86. The number of ketones is 1. The number of para-hydroxylation sites is 1. The van der Waals surface area contributed by atoms with E-state index in [2.05, 4.69) is 20.4 Å². The lowest BCUT2D eigenvalue weighted by atomic mass is 9.76. The van der Waals surface area contributed by atoms with Gasteiger partial charge in [-0.2, -0.15) is 0 Å². The third-order valence-electron chi connectivity index (χ3n) is 8.82. The number of aldehydes is 1. The summed E-state index contributed by atoms with van der Waals surface area (Å²) in [6.07, 6.45) is 2.68. The Morgan fingerprint density at radius 2 is 1.82 bits per heavy atom. The fraction of sp³-hybridized carbons (Fsp3) is 0.548. The largest absolute Gasteiger partial charge is 0.489 e. The summed E-state index contributed by atoms with van der Waals surface area (Å²) < 4.78 is 18.4. The molecule has 1 aromatic rings. The molecule has 7 atom stereocenters. The number of carbonyl (C=O) groups is 4. The molecule has 7 nitrogen and oxygen atoms in total. The van der Waals surface area contributed by atoms with Gasteiger partial charge in [-0.3, -0.25) is 19.2 Å². The van der Waals surface area contributed by atoms with E-state index in [-0.39, 0.29) is 29.5 Å². The molecule has 7 heteroatoms. The molecule has 38 heavy (non-hydrogen) atoms. The molecule has 2 fully saturated rings. The van der Waals surface area contributed by atoms with E-state index in [4.69, 9.17) is 14.2 Å². The highest BCUT2D eigenvalue weighted by Gasteiger charge is 2.65. The molecule has 0 aromatic heterocycles. The number of rotatable bonds is 5. The maximum absolute atomic E-state index is 14.4. The minimum atomic E-state index is -1.63. The molecule has 0 bridgehead atoms. The van der Waals surface area contributed by atoms with Crippen LogP contribution in [0.25, 0.3) is 0 Å². The van der Waals surface area contributed by atoms with Crippen molar-refractivity contribution >= 4 is 24.0 Å². The normalized spacial score (nSPS) is 35.5. The molecular weight excluding hydrogens is 484 g/mol. The first kappa shape index (κ1) is 27.8. The number of ether oxygens (including phenoxy) is 3. The average Bonchev–Trinajstić information content (AvgIpc) is 3.24. The molecule has 0 amide bonds. The van der Waals surface area contributed by atoms with Crippen molar-refractivity contribution in [2.45, 2.75) is 78.6 Å². The van der Waals surface area contributed by atoms with Crippen molar-refractivity contribution in [1.82, 2.24) is 0 Å². The van der Waals surface area contributed by atoms with Crippen LogP contribution in [0.1, 0.15) is 71.2 Å². The highest BCUT2D eigenvalue weighted by atomic mass is 16.6. The van der Waals surface area contributed by atoms with Crippen LogP contribution in [0.2, 0.25) is 0 Å². The molecule has 0 unspecified atom stereocenters. The van der Waals surface area contributed by atoms with Gasteiger partial charge in [-0.25, -0.2) is 0 Å². The number of benzene rings is 1. The Morgan fingerprint density at radius 1 is 1.13 bits per heavy atom. The summed E-state index contributed by atoms with van der Waals surface area (Å²) >= 11 is 0. The van der Waals surface area contributed by atoms with E-state index < -0.39 is 35.7 Å². The lowest BCUT2D eigenvalue weighted by Crippen LogP contribution is -2.55. The van der Waals surface area contributed by atoms with Crippen molar-refractivity contribution < 1.29 is 33.4 Å². The Kier molecular flexibility index (Phi) is 7.43. The van der Waals surface area contributed by atoms with Gasteiger partial charge in [-0.1, -0.05) is 45.6 Å². The van der Waals surface area contributed by atoms with Crippen molar-refractivity contribution in [1.29, 1.82) is 0 Å². The summed E-state index contributed by atoms with van der Waals surface area (Å²) in [4.78, 5) is 51.1. The molecule has 0 spiro atoms. The number of hydrogen-bond donors (Lipinski definition) is 0. The molecule has 0 aliphatic heterocycles. The Labute approximate surface area is 224 Å². The van der Waals surface area contributed by atoms with E-state index in [1.807, 2.05) is 13.0 Å². The number of hydrogen-bond acceptors (Lipinski definition) is 7. The Bertz CT molecular complexity index is 1190. The molecular formula is C31H38O7. The maximum Gasteiger partial charge on any atom is 0.303 e. The number of esters is 2. The van der Waals surface area contributed by atoms with Gasteiger partial charge >= 0.3 is 11.9 Å². The predicted octanol–water partition coefficient (Wildman–Crippen LogP) is 5.27. The van der Waals surface area contributed by atoms with Crippen LogP contribution in [0.3, 0.4) is 0 Å². The van der Waals surface area contributed by atoms with Crippen molar-refractivity contribution in [2.75, 3.05) is 0 Å². The first-order valence-electron chi connectivity index (χ1n) is 13.3. The molecule has 0 radical (unpaired) electrons. The van der Waals surface area contributed by atoms with Gasteiger partial charge in [0, 0.05) is 20.3 Å². The summed E-state index contributed by atoms with van der Waals surface area (Å²) in [6.45, 7) is 15.0. The van der Waals surface area contributed by atoms with Gasteiger partial charge in [-0.15, -0.1) is 0 Å². The Morgan fingerprint density at radius 3 is 2.45 bits per heavy atom. The first-order chi connectivity index (χ1) is 17.8. The monoisotopic (exact) mass is 522 g/mol. The number of carbonyl (C=O) groups excluding carboxylic acids is 4. The predicted molar refractivity (Wildman–Crippen MR) is 141 cm³/mol. The van der Waals surface area contributed by atoms with E-state index in [9.17, 15) is 19.2 Å². The zero-order valence-electron chi connectivity index (χ0n) is 23.1. The lowest BCUT2D eigenvalue weighted by molar-refractivity contribution is -0.178. The number of Topliss-reactive ketones (excluding diaryl/α,β-unsaturated/α-hetero) is 1. The van der Waals surface area contributed by atoms with Crippen LogP contribution in [-0.4, -0.2) is 41.8 Å². The molecule has 0 saturated heterocycles. The summed E-state index contributed by atoms with van der Waals surface area (Å²) in [5.74, 6) is -1.68. The second kappa shape index (κ2) is 10.2. The topological polar surface area (TPSA) is 96.0 Å². The zero-order valence-corrected chi connectivity index (χ0v) is 23.1. The molecule has 0 N–H and O–H groups in total. The van der Waals surface area contributed by atoms with Crippen LogP contribution < -0.4 is 4.74 Å². The fourth-order valence-corrected chi connectivity index (χ4v) is 6.86. The van der Waals surface area contributed by atoms with Crippen molar-refractivity contribution in [2.24, 2.45) is 29.1 Å². The quantitative estimate of drug-likeness (QED) is 0.295. The van der Waals surface area contributed by atoms with Crippen molar-refractivity contribution in [3.8, 4) is 5.75 Å². The third kappa shape index (κ3) is 4.83. The second-order valence-corrected chi connectivity index (χ2v) is 11.8. The highest BCUT2D eigenvalue weighted by Crippen LogP contribution is 2.62. The molecule has 1 aromatic carbocycles. The van der Waals surface area contributed by atoms with Gasteiger partial charge in [0.15, 0.2) is 11.9 Å². The van der Waals surface area contributed by atoms with Crippen LogP contribution in [0.4, 0.5) is 0 Å². The van der Waals surface area contributed by atoms with Crippen LogP contribution in [-0.2, 0) is 23.9 Å². The van der Waals surface area contributed by atoms with Gasteiger partial charge in [0.2, 0.25) is 5.78 Å². The molecule has 3 aliphatic carbocycles. The molecule has 0 heterocycles. The van der Waals surface area contributed by atoms with E-state index in [1.54, 1.807) is 31.2 Å². The van der Waals surface area contributed by atoms with Crippen molar-refractivity contribution in [3.05, 3.63) is 53.6 Å². The molecule has 204 valence electrons. The molecule has 3 aliphatic rings. The van der Waals surface area contributed by atoms with E-state index >= 15 is 0 Å². The van der Waals surface area contributed by atoms with Gasteiger partial charge < -0.3 is 14.2 Å². The first-order valence-corrected chi connectivity index (χ1v) is 13.3. The minimum absolute atomic E-state index is 0.0269. The van der Waals surface area contributed by atoms with Crippen LogP contribution in [0.5, 0.6) is 5.75 Å². The molecule has 2 saturated carbocycles. The standard InChI is InChI=1S/C31H38O7/c1-17-12-13-23-24(30(23,6)7)14-18(2)29(35)31(38-21(5)34)15-19(3)28(26(31)27(17)36-20(4)33)37-25-11-9-8-10-22(25)16-32/h8-11,14,16,19,23-24,26-28H,1,12-13,15H2,2-7H3/b18-14+/t19-,23-,24+,26-,27-,28-,31+/m0/s1. The zero-order chi connectivity index (χ0) is 28.0. The van der Waals surface area contributed by atoms with E-state index in [0.717, 1.165) is 6.42 Å². The van der Waals surface area contributed by atoms with Gasteiger partial charge in [0.25, 0.3) is 0 Å². The van der Waals surface area contributed by atoms with Gasteiger partial charge in [0.1, 0.15) is 18.0 Å². The minimum Gasteiger partial charge on any atom is -0.489 e. The molecule has 4 rings (SSSR count). The third-order valence-corrected chi connectivity index (χ3v) is 8.82. The SMILES string of the molecule is C=C1CC[C@H]2[C@@H](/C=C(\C)C(=O)[C@@]3(OC(C)=O)C[C@H](C)[C@H](Oc4ccccc4C=O)[C@@H]3[C@H]1OC(C)=O)C2(C)C. The summed E-state index contributed by atoms with van der Waals surface area (Å²) in [6, 6.07) is 6.82. The summed E-state index contributed by atoms with van der Waals surface area (Å²) in [5, 5.41) is 0. The lowest BCUT2D eigenvalue weighted by Gasteiger charge is -2.40.